The zero-order chi connectivity index (χ0) is 28.1. The zero-order valence-corrected chi connectivity index (χ0v) is 23.0. The van der Waals surface area contributed by atoms with E-state index >= 15 is 0 Å². The molecular formula is C34H30N4O3. The van der Waals surface area contributed by atoms with Gasteiger partial charge in [0.1, 0.15) is 17.4 Å². The van der Waals surface area contributed by atoms with Crippen LogP contribution in [0.2, 0.25) is 0 Å². The summed E-state index contributed by atoms with van der Waals surface area (Å²) in [4.78, 5) is 21.3. The highest BCUT2D eigenvalue weighted by atomic mass is 16.7. The van der Waals surface area contributed by atoms with Crippen LogP contribution in [-0.2, 0) is 13.6 Å². The van der Waals surface area contributed by atoms with E-state index in [1.165, 1.54) is 19.3 Å². The summed E-state index contributed by atoms with van der Waals surface area (Å²) in [5.41, 5.74) is 9.29. The molecule has 1 saturated carbocycles. The van der Waals surface area contributed by atoms with Gasteiger partial charge in [-0.1, -0.05) is 61.0 Å². The summed E-state index contributed by atoms with van der Waals surface area (Å²) in [5.74, 6) is 2.90. The van der Waals surface area contributed by atoms with Crippen LogP contribution >= 0.6 is 0 Å². The van der Waals surface area contributed by atoms with Crippen molar-refractivity contribution in [3.8, 4) is 28.3 Å². The molecule has 0 unspecified atom stereocenters. The average molecular weight is 543 g/mol. The van der Waals surface area contributed by atoms with E-state index in [0.29, 0.717) is 18.2 Å². The van der Waals surface area contributed by atoms with Gasteiger partial charge in [0.2, 0.25) is 0 Å². The van der Waals surface area contributed by atoms with Crippen molar-refractivity contribution in [1.82, 2.24) is 19.1 Å². The Labute approximate surface area is 237 Å². The van der Waals surface area contributed by atoms with Crippen molar-refractivity contribution < 1.29 is 14.6 Å². The molecule has 0 saturated heterocycles. The molecule has 0 aliphatic heterocycles. The molecule has 1 aliphatic rings. The van der Waals surface area contributed by atoms with E-state index < -0.39 is 6.16 Å². The van der Waals surface area contributed by atoms with E-state index in [4.69, 9.17) is 19.8 Å². The van der Waals surface area contributed by atoms with Crippen LogP contribution in [0.25, 0.3) is 44.6 Å². The molecule has 7 heteroatoms. The molecule has 41 heavy (non-hydrogen) atoms. The van der Waals surface area contributed by atoms with Crippen molar-refractivity contribution in [3.05, 3.63) is 102 Å². The minimum absolute atomic E-state index is 0.325. The SMILES string of the molecule is Cc1cc(-c2nc3ccccc3n2C)cc2c1nc(C1CCC1)n2Cc1ccc(-c2ccccc2OC(=O)O)cc1. The third-order valence-electron chi connectivity index (χ3n) is 8.28. The number of hydrogen-bond donors (Lipinski definition) is 1. The third-order valence-corrected chi connectivity index (χ3v) is 8.28. The molecule has 1 aliphatic carbocycles. The maximum absolute atomic E-state index is 11.2. The highest BCUT2D eigenvalue weighted by Gasteiger charge is 2.27. The quantitative estimate of drug-likeness (QED) is 0.171. The molecule has 1 fully saturated rings. The summed E-state index contributed by atoms with van der Waals surface area (Å²) in [6, 6.07) is 28.1. The molecule has 2 aromatic heterocycles. The number of imidazole rings is 2. The first kappa shape index (κ1) is 25.1. The van der Waals surface area contributed by atoms with Crippen LogP contribution < -0.4 is 4.74 Å². The molecule has 0 atom stereocenters. The molecule has 6 aromatic rings. The van der Waals surface area contributed by atoms with E-state index in [2.05, 4.69) is 59.5 Å². The molecule has 7 rings (SSSR count). The molecule has 2 heterocycles. The Morgan fingerprint density at radius 3 is 2.41 bits per heavy atom. The van der Waals surface area contributed by atoms with E-state index in [1.54, 1.807) is 12.1 Å². The highest BCUT2D eigenvalue weighted by Crippen LogP contribution is 2.39. The Morgan fingerprint density at radius 2 is 1.68 bits per heavy atom. The minimum Gasteiger partial charge on any atom is -0.449 e. The van der Waals surface area contributed by atoms with Crippen LogP contribution in [0.3, 0.4) is 0 Å². The first-order valence-corrected chi connectivity index (χ1v) is 14.0. The summed E-state index contributed by atoms with van der Waals surface area (Å²) in [5, 5.41) is 9.14. The van der Waals surface area contributed by atoms with Crippen LogP contribution in [-0.4, -0.2) is 30.4 Å². The van der Waals surface area contributed by atoms with Gasteiger partial charge in [-0.2, -0.15) is 0 Å². The molecule has 0 amide bonds. The van der Waals surface area contributed by atoms with Gasteiger partial charge in [-0.05, 0) is 66.8 Å². The fourth-order valence-corrected chi connectivity index (χ4v) is 5.95. The Morgan fingerprint density at radius 1 is 0.927 bits per heavy atom. The minimum atomic E-state index is -1.32. The maximum Gasteiger partial charge on any atom is 0.511 e. The number of carboxylic acid groups (broad SMARTS) is 1. The van der Waals surface area contributed by atoms with Gasteiger partial charge in [0.25, 0.3) is 0 Å². The first-order chi connectivity index (χ1) is 20.0. The number of nitrogens with zero attached hydrogens (tertiary/aromatic N) is 4. The number of rotatable bonds is 6. The van der Waals surface area contributed by atoms with Gasteiger partial charge in [0, 0.05) is 30.6 Å². The van der Waals surface area contributed by atoms with Crippen LogP contribution in [0.15, 0.2) is 84.9 Å². The summed E-state index contributed by atoms with van der Waals surface area (Å²) in [7, 11) is 2.07. The highest BCUT2D eigenvalue weighted by molar-refractivity contribution is 5.87. The van der Waals surface area contributed by atoms with Crippen molar-refractivity contribution in [2.75, 3.05) is 0 Å². The van der Waals surface area contributed by atoms with Gasteiger partial charge in [-0.25, -0.2) is 14.8 Å². The van der Waals surface area contributed by atoms with Gasteiger partial charge < -0.3 is 19.0 Å². The normalized spacial score (nSPS) is 13.5. The summed E-state index contributed by atoms with van der Waals surface area (Å²) >= 11 is 0. The molecular weight excluding hydrogens is 512 g/mol. The standard InChI is InChI=1S/C34H30N4O3/c1-21-18-25(32-35-27-11-4-5-12-28(27)37(32)2)19-29-31(21)36-33(24-8-7-9-24)38(29)20-22-14-16-23(17-15-22)26-10-3-6-13-30(26)41-34(39)40/h3-6,10-19,24H,7-9,20H2,1-2H3,(H,39,40). The van der Waals surface area contributed by atoms with Crippen molar-refractivity contribution in [1.29, 1.82) is 0 Å². The lowest BCUT2D eigenvalue weighted by atomic mass is 9.85. The molecule has 1 N–H and O–H groups in total. The molecule has 0 bridgehead atoms. The fourth-order valence-electron chi connectivity index (χ4n) is 5.95. The molecule has 204 valence electrons. The van der Waals surface area contributed by atoms with Crippen LogP contribution in [0.5, 0.6) is 5.75 Å². The fraction of sp³-hybridized carbons (Fsp3) is 0.206. The maximum atomic E-state index is 11.2. The molecule has 4 aromatic carbocycles. The van der Waals surface area contributed by atoms with Gasteiger partial charge in [0.15, 0.2) is 0 Å². The second-order valence-electron chi connectivity index (χ2n) is 10.9. The van der Waals surface area contributed by atoms with E-state index in [1.807, 2.05) is 36.4 Å². The number of para-hydroxylation sites is 3. The van der Waals surface area contributed by atoms with E-state index in [0.717, 1.165) is 61.5 Å². The lowest BCUT2D eigenvalue weighted by Crippen LogP contribution is -2.16. The van der Waals surface area contributed by atoms with Crippen LogP contribution in [0, 0.1) is 6.92 Å². The van der Waals surface area contributed by atoms with Crippen molar-refractivity contribution in [2.45, 2.75) is 38.6 Å². The van der Waals surface area contributed by atoms with Crippen molar-refractivity contribution in [2.24, 2.45) is 7.05 Å². The summed E-state index contributed by atoms with van der Waals surface area (Å²) < 4.78 is 9.55. The Kier molecular flexibility index (Phi) is 6.07. The first-order valence-electron chi connectivity index (χ1n) is 14.0. The number of aromatic nitrogens is 4. The lowest BCUT2D eigenvalue weighted by Gasteiger charge is -2.25. The van der Waals surface area contributed by atoms with Gasteiger partial charge >= 0.3 is 6.16 Å². The second-order valence-corrected chi connectivity index (χ2v) is 10.9. The largest absolute Gasteiger partial charge is 0.511 e. The van der Waals surface area contributed by atoms with E-state index in [-0.39, 0.29) is 0 Å². The van der Waals surface area contributed by atoms with Crippen molar-refractivity contribution in [3.63, 3.8) is 0 Å². The molecule has 7 nitrogen and oxygen atoms in total. The van der Waals surface area contributed by atoms with E-state index in [9.17, 15) is 4.79 Å². The molecule has 0 spiro atoms. The third kappa shape index (κ3) is 4.43. The lowest BCUT2D eigenvalue weighted by molar-refractivity contribution is 0.144. The second kappa shape index (κ2) is 9.93. The monoisotopic (exact) mass is 542 g/mol. The number of hydrogen-bond acceptors (Lipinski definition) is 4. The Bertz CT molecular complexity index is 1930. The average Bonchev–Trinajstić information content (AvgIpc) is 3.46. The number of benzene rings is 4. The number of fused-ring (bicyclic) bond motifs is 2. The van der Waals surface area contributed by atoms with Crippen molar-refractivity contribution >= 4 is 28.2 Å². The van der Waals surface area contributed by atoms with Gasteiger partial charge in [-0.3, -0.25) is 0 Å². The number of carbonyl (C=O) groups is 1. The summed E-state index contributed by atoms with van der Waals surface area (Å²) in [6.07, 6.45) is 2.25. The topological polar surface area (TPSA) is 82.2 Å². The zero-order valence-electron chi connectivity index (χ0n) is 23.0. The Balaban J connectivity index is 1.30. The molecule has 0 radical (unpaired) electrons. The number of aryl methyl sites for hydroxylation is 2. The predicted molar refractivity (Wildman–Crippen MR) is 160 cm³/mol. The van der Waals surface area contributed by atoms with Crippen LogP contribution in [0.4, 0.5) is 4.79 Å². The summed E-state index contributed by atoms with van der Waals surface area (Å²) in [6.45, 7) is 2.84. The number of ether oxygens (including phenoxy) is 1. The smallest absolute Gasteiger partial charge is 0.449 e. The van der Waals surface area contributed by atoms with Crippen LogP contribution in [0.1, 0.15) is 42.1 Å². The predicted octanol–water partition coefficient (Wildman–Crippen LogP) is 7.94. The van der Waals surface area contributed by atoms with Gasteiger partial charge in [-0.15, -0.1) is 0 Å². The Hall–Kier alpha value is -4.91. The van der Waals surface area contributed by atoms with Gasteiger partial charge in [0.05, 0.1) is 22.1 Å².